The van der Waals surface area contributed by atoms with Gasteiger partial charge in [-0.1, -0.05) is 37.1 Å². The van der Waals surface area contributed by atoms with Gasteiger partial charge < -0.3 is 5.11 Å². The van der Waals surface area contributed by atoms with Crippen molar-refractivity contribution in [2.75, 3.05) is 0 Å². The highest BCUT2D eigenvalue weighted by molar-refractivity contribution is 6.31. The average molecular weight is 199 g/mol. The molecule has 1 nitrogen and oxygen atoms in total. The molecule has 2 heteroatoms. The summed E-state index contributed by atoms with van der Waals surface area (Å²) < 4.78 is 0. The second-order valence-electron chi connectivity index (χ2n) is 3.26. The Labute approximate surface area is 84.4 Å². The molecule has 0 amide bonds. The lowest BCUT2D eigenvalue weighted by Crippen LogP contribution is -1.99. The number of aliphatic hydroxyl groups is 1. The average Bonchev–Trinajstić information content (AvgIpc) is 2.10. The lowest BCUT2D eigenvalue weighted by Gasteiger charge is -2.13. The van der Waals surface area contributed by atoms with Crippen LogP contribution in [0.1, 0.15) is 37.0 Å². The summed E-state index contributed by atoms with van der Waals surface area (Å²) in [6.07, 6.45) is 1.40. The van der Waals surface area contributed by atoms with E-state index in [1.807, 2.05) is 25.1 Å². The van der Waals surface area contributed by atoms with Crippen LogP contribution in [-0.2, 0) is 0 Å². The van der Waals surface area contributed by atoms with Crippen molar-refractivity contribution in [3.8, 4) is 0 Å². The first kappa shape index (κ1) is 10.6. The van der Waals surface area contributed by atoms with Crippen molar-refractivity contribution in [3.63, 3.8) is 0 Å². The van der Waals surface area contributed by atoms with E-state index in [0.29, 0.717) is 0 Å². The Balaban J connectivity index is 2.93. The van der Waals surface area contributed by atoms with Crippen LogP contribution in [0.5, 0.6) is 0 Å². The van der Waals surface area contributed by atoms with Crippen LogP contribution in [0.2, 0.25) is 5.02 Å². The van der Waals surface area contributed by atoms with Crippen molar-refractivity contribution in [1.29, 1.82) is 0 Å². The van der Waals surface area contributed by atoms with Crippen molar-refractivity contribution in [1.82, 2.24) is 0 Å². The lowest BCUT2D eigenvalue weighted by molar-refractivity contribution is 0.166. The highest BCUT2D eigenvalue weighted by Crippen LogP contribution is 2.26. The maximum absolute atomic E-state index is 9.77. The van der Waals surface area contributed by atoms with Crippen LogP contribution in [0.4, 0.5) is 0 Å². The normalized spacial score (nSPS) is 12.9. The zero-order valence-electron chi connectivity index (χ0n) is 8.05. The minimum Gasteiger partial charge on any atom is -0.388 e. The molecule has 0 saturated heterocycles. The Morgan fingerprint density at radius 2 is 2.15 bits per heavy atom. The Bertz CT molecular complexity index is 283. The van der Waals surface area contributed by atoms with Crippen molar-refractivity contribution in [2.45, 2.75) is 32.8 Å². The summed E-state index contributed by atoms with van der Waals surface area (Å²) >= 11 is 5.95. The predicted octanol–water partition coefficient (Wildman–Crippen LogP) is 3.48. The molecule has 0 bridgehead atoms. The summed E-state index contributed by atoms with van der Waals surface area (Å²) in [5, 5.41) is 10.5. The van der Waals surface area contributed by atoms with Gasteiger partial charge in [-0.15, -0.1) is 0 Å². The van der Waals surface area contributed by atoms with Gasteiger partial charge in [0.05, 0.1) is 6.10 Å². The minimum absolute atomic E-state index is 0.372. The van der Waals surface area contributed by atoms with Crippen LogP contribution >= 0.6 is 11.6 Å². The smallest absolute Gasteiger partial charge is 0.0793 e. The third-order valence-electron chi connectivity index (χ3n) is 2.23. The highest BCUT2D eigenvalue weighted by Gasteiger charge is 2.10. The first-order chi connectivity index (χ1) is 6.16. The van der Waals surface area contributed by atoms with Gasteiger partial charge >= 0.3 is 0 Å². The van der Waals surface area contributed by atoms with Crippen LogP contribution < -0.4 is 0 Å². The molecule has 1 rings (SSSR count). The molecule has 1 N–H and O–H groups in total. The molecule has 0 saturated carbocycles. The van der Waals surface area contributed by atoms with Gasteiger partial charge in [-0.05, 0) is 30.5 Å². The summed E-state index contributed by atoms with van der Waals surface area (Å²) in [6.45, 7) is 4.00. The molecule has 0 radical (unpaired) electrons. The molecular weight excluding hydrogens is 184 g/mol. The van der Waals surface area contributed by atoms with E-state index in [2.05, 4.69) is 6.92 Å². The fraction of sp³-hybridized carbons (Fsp3) is 0.455. The first-order valence-corrected chi connectivity index (χ1v) is 4.97. The van der Waals surface area contributed by atoms with Crippen molar-refractivity contribution < 1.29 is 5.11 Å². The van der Waals surface area contributed by atoms with Crippen LogP contribution in [0.15, 0.2) is 18.2 Å². The molecule has 1 atom stereocenters. The highest BCUT2D eigenvalue weighted by atomic mass is 35.5. The van der Waals surface area contributed by atoms with Crippen molar-refractivity contribution in [2.24, 2.45) is 0 Å². The number of hydrogen-bond donors (Lipinski definition) is 1. The molecule has 1 unspecified atom stereocenters. The number of benzene rings is 1. The van der Waals surface area contributed by atoms with Crippen LogP contribution in [0.25, 0.3) is 0 Å². The Morgan fingerprint density at radius 1 is 1.46 bits per heavy atom. The number of aliphatic hydroxyl groups excluding tert-OH is 1. The molecule has 72 valence electrons. The standard InChI is InChI=1S/C11H15ClO/c1-3-5-11(13)9-6-4-7-10(12)8(9)2/h4,6-7,11,13H,3,5H2,1-2H3. The van der Waals surface area contributed by atoms with E-state index < -0.39 is 0 Å². The van der Waals surface area contributed by atoms with Crippen molar-refractivity contribution >= 4 is 11.6 Å². The quantitative estimate of drug-likeness (QED) is 0.789. The fourth-order valence-corrected chi connectivity index (χ4v) is 1.60. The van der Waals surface area contributed by atoms with Gasteiger partial charge in [0.25, 0.3) is 0 Å². The second kappa shape index (κ2) is 4.64. The van der Waals surface area contributed by atoms with Gasteiger partial charge in [0, 0.05) is 5.02 Å². The zero-order valence-corrected chi connectivity index (χ0v) is 8.80. The molecule has 0 fully saturated rings. The molecule has 0 aliphatic carbocycles. The first-order valence-electron chi connectivity index (χ1n) is 4.60. The molecule has 0 aliphatic rings. The van der Waals surface area contributed by atoms with Crippen LogP contribution in [0.3, 0.4) is 0 Å². The third-order valence-corrected chi connectivity index (χ3v) is 2.64. The fourth-order valence-electron chi connectivity index (χ4n) is 1.41. The van der Waals surface area contributed by atoms with E-state index in [1.165, 1.54) is 0 Å². The van der Waals surface area contributed by atoms with E-state index in [4.69, 9.17) is 11.6 Å². The number of hydrogen-bond acceptors (Lipinski definition) is 1. The van der Waals surface area contributed by atoms with Crippen molar-refractivity contribution in [3.05, 3.63) is 34.3 Å². The molecule has 0 aromatic heterocycles. The van der Waals surface area contributed by atoms with E-state index in [-0.39, 0.29) is 6.10 Å². The predicted molar refractivity (Wildman–Crippen MR) is 56.1 cm³/mol. The van der Waals surface area contributed by atoms with E-state index >= 15 is 0 Å². The largest absolute Gasteiger partial charge is 0.388 e. The van der Waals surface area contributed by atoms with Gasteiger partial charge in [0.15, 0.2) is 0 Å². The van der Waals surface area contributed by atoms with Gasteiger partial charge in [0.2, 0.25) is 0 Å². The second-order valence-corrected chi connectivity index (χ2v) is 3.67. The Hall–Kier alpha value is -0.530. The Morgan fingerprint density at radius 3 is 2.77 bits per heavy atom. The van der Waals surface area contributed by atoms with E-state index in [0.717, 1.165) is 29.0 Å². The van der Waals surface area contributed by atoms with Gasteiger partial charge in [-0.25, -0.2) is 0 Å². The summed E-state index contributed by atoms with van der Waals surface area (Å²) in [5.41, 5.74) is 1.94. The van der Waals surface area contributed by atoms with E-state index in [1.54, 1.807) is 0 Å². The van der Waals surface area contributed by atoms with E-state index in [9.17, 15) is 5.11 Å². The van der Waals surface area contributed by atoms with Gasteiger partial charge in [-0.3, -0.25) is 0 Å². The molecule has 0 aliphatic heterocycles. The summed E-state index contributed by atoms with van der Waals surface area (Å²) in [6, 6.07) is 5.66. The third kappa shape index (κ3) is 2.45. The maximum atomic E-state index is 9.77. The van der Waals surface area contributed by atoms with Gasteiger partial charge in [-0.2, -0.15) is 0 Å². The lowest BCUT2D eigenvalue weighted by atomic mass is 10.0. The maximum Gasteiger partial charge on any atom is 0.0793 e. The molecule has 0 spiro atoms. The minimum atomic E-state index is -0.372. The monoisotopic (exact) mass is 198 g/mol. The summed E-state index contributed by atoms with van der Waals surface area (Å²) in [5.74, 6) is 0. The van der Waals surface area contributed by atoms with Crippen LogP contribution in [0, 0.1) is 6.92 Å². The Kier molecular flexibility index (Phi) is 3.76. The zero-order chi connectivity index (χ0) is 9.84. The number of halogens is 1. The van der Waals surface area contributed by atoms with Gasteiger partial charge in [0.1, 0.15) is 0 Å². The molecule has 0 heterocycles. The SMILES string of the molecule is CCCC(O)c1cccc(Cl)c1C. The summed E-state index contributed by atoms with van der Waals surface area (Å²) in [4.78, 5) is 0. The summed E-state index contributed by atoms with van der Waals surface area (Å²) in [7, 11) is 0. The molecule has 1 aromatic carbocycles. The number of rotatable bonds is 3. The topological polar surface area (TPSA) is 20.2 Å². The molecule has 1 aromatic rings. The molecular formula is C11H15ClO. The molecule has 13 heavy (non-hydrogen) atoms. The van der Waals surface area contributed by atoms with Crippen LogP contribution in [-0.4, -0.2) is 5.11 Å².